The number of para-hydroxylation sites is 1. The van der Waals surface area contributed by atoms with Crippen molar-refractivity contribution in [2.24, 2.45) is 11.8 Å². The van der Waals surface area contributed by atoms with Gasteiger partial charge in [-0.05, 0) is 68.1 Å². The van der Waals surface area contributed by atoms with Gasteiger partial charge in [-0.2, -0.15) is 0 Å². The second-order valence-corrected chi connectivity index (χ2v) is 14.9. The number of aliphatic hydroxyl groups excluding tert-OH is 1. The Kier molecular flexibility index (Phi) is 9.54. The summed E-state index contributed by atoms with van der Waals surface area (Å²) in [4.78, 5) is 50.0. The molecule has 3 aromatic rings. The fraction of sp³-hybridized carbons (Fsp3) is 0.359. The average molecular weight is 666 g/mol. The van der Waals surface area contributed by atoms with E-state index in [1.165, 1.54) is 0 Å². The Morgan fingerprint density at radius 2 is 1.52 bits per heavy atom. The van der Waals surface area contributed by atoms with Crippen molar-refractivity contribution in [1.82, 2.24) is 4.90 Å². The fourth-order valence-corrected chi connectivity index (χ4v) is 10.5. The van der Waals surface area contributed by atoms with E-state index in [2.05, 4.69) is 20.1 Å². The number of thioether (sulfide) groups is 1. The van der Waals surface area contributed by atoms with Gasteiger partial charge in [-0.3, -0.25) is 14.4 Å². The lowest BCUT2D eigenvalue weighted by Crippen LogP contribution is -2.58. The van der Waals surface area contributed by atoms with E-state index in [1.54, 1.807) is 57.9 Å². The van der Waals surface area contributed by atoms with Crippen molar-refractivity contribution in [2.45, 2.75) is 47.8 Å². The first kappa shape index (κ1) is 33.6. The van der Waals surface area contributed by atoms with Crippen LogP contribution in [0.2, 0.25) is 0 Å². The summed E-state index contributed by atoms with van der Waals surface area (Å²) in [5, 5.41) is 10.9. The van der Waals surface area contributed by atoms with Crippen molar-refractivity contribution in [3.8, 4) is 5.75 Å². The minimum Gasteiger partial charge on any atom is -0.497 e. The lowest BCUT2D eigenvalue weighted by Gasteiger charge is -2.39. The number of carbonyl (C=O) groups is 3. The molecule has 6 rings (SSSR count). The molecule has 3 aromatic carbocycles. The average Bonchev–Trinajstić information content (AvgIpc) is 3.69. The van der Waals surface area contributed by atoms with E-state index in [0.717, 1.165) is 11.3 Å². The number of likely N-dealkylation sites (tertiary alicyclic amines) is 1. The van der Waals surface area contributed by atoms with Crippen LogP contribution < -0.4 is 14.5 Å². The highest BCUT2D eigenvalue weighted by molar-refractivity contribution is 8.02. The number of rotatable bonds is 13. The Bertz CT molecular complexity index is 1670. The molecule has 0 saturated carbocycles. The fourth-order valence-electron chi connectivity index (χ4n) is 8.14. The van der Waals surface area contributed by atoms with Crippen LogP contribution in [-0.2, 0) is 20.8 Å². The van der Waals surface area contributed by atoms with Crippen LogP contribution in [0.4, 0.5) is 11.4 Å². The second-order valence-electron chi connectivity index (χ2n) is 13.0. The summed E-state index contributed by atoms with van der Waals surface area (Å²) in [6.07, 6.45) is 5.02. The highest BCUT2D eigenvalue weighted by Crippen LogP contribution is 2.72. The minimum absolute atomic E-state index is 0.147. The molecule has 0 radical (unpaired) electrons. The molecule has 8 nitrogen and oxygen atoms in total. The topological polar surface area (TPSA) is 90.4 Å². The van der Waals surface area contributed by atoms with Gasteiger partial charge in [0.2, 0.25) is 11.8 Å². The van der Waals surface area contributed by atoms with Crippen LogP contribution in [0.1, 0.15) is 25.3 Å². The molecule has 3 heterocycles. The molecule has 48 heavy (non-hydrogen) atoms. The van der Waals surface area contributed by atoms with E-state index in [0.29, 0.717) is 30.7 Å². The van der Waals surface area contributed by atoms with Gasteiger partial charge in [0, 0.05) is 29.2 Å². The van der Waals surface area contributed by atoms with Crippen molar-refractivity contribution in [3.63, 3.8) is 0 Å². The molecular formula is C39H43N3O5S. The molecule has 2 bridgehead atoms. The van der Waals surface area contributed by atoms with Crippen LogP contribution >= 0.6 is 11.8 Å². The molecule has 0 aliphatic carbocycles. The van der Waals surface area contributed by atoms with Crippen LogP contribution in [0.25, 0.3) is 0 Å². The van der Waals surface area contributed by atoms with Crippen molar-refractivity contribution in [2.75, 3.05) is 36.6 Å². The third kappa shape index (κ3) is 5.62. The predicted molar refractivity (Wildman–Crippen MR) is 191 cm³/mol. The van der Waals surface area contributed by atoms with Gasteiger partial charge in [-0.25, -0.2) is 0 Å². The van der Waals surface area contributed by atoms with Gasteiger partial charge in [0.1, 0.15) is 11.8 Å². The summed E-state index contributed by atoms with van der Waals surface area (Å²) < 4.78 is 3.94. The highest BCUT2D eigenvalue weighted by Gasteiger charge is 2.78. The molecule has 250 valence electrons. The van der Waals surface area contributed by atoms with Gasteiger partial charge in [0.15, 0.2) is 0 Å². The molecule has 2 unspecified atom stereocenters. The van der Waals surface area contributed by atoms with Crippen molar-refractivity contribution >= 4 is 40.9 Å². The Balaban J connectivity index is 1.47. The van der Waals surface area contributed by atoms with E-state index in [1.807, 2.05) is 72.8 Å². The number of ether oxygens (including phenoxy) is 1. The van der Waals surface area contributed by atoms with E-state index in [-0.39, 0.29) is 37.4 Å². The number of aliphatic hydroxyl groups is 1. The number of nitrogens with zero attached hydrogens (tertiary/aromatic N) is 3. The first-order valence-electron chi connectivity index (χ1n) is 16.4. The molecule has 3 amide bonds. The van der Waals surface area contributed by atoms with Crippen LogP contribution in [0, 0.1) is 11.8 Å². The summed E-state index contributed by atoms with van der Waals surface area (Å²) >= 11 is 1.62. The first-order chi connectivity index (χ1) is 23.2. The van der Waals surface area contributed by atoms with Crippen LogP contribution in [0.3, 0.4) is 0 Å². The normalized spacial score (nSPS) is 26.1. The third-order valence-electron chi connectivity index (χ3n) is 10.2. The van der Waals surface area contributed by atoms with Crippen LogP contribution in [0.15, 0.2) is 110 Å². The van der Waals surface area contributed by atoms with Gasteiger partial charge < -0.3 is 24.5 Å². The number of carbonyl (C=O) groups excluding carboxylic acids is 3. The smallest absolute Gasteiger partial charge is 0.251 e. The van der Waals surface area contributed by atoms with Crippen LogP contribution in [0.5, 0.6) is 5.75 Å². The molecular weight excluding hydrogens is 623 g/mol. The number of fused-ring (bicyclic) bond motifs is 1. The molecule has 9 heteroatoms. The molecule has 6 atom stereocenters. The number of anilines is 2. The maximum atomic E-state index is 15.1. The zero-order chi connectivity index (χ0) is 34.1. The monoisotopic (exact) mass is 665 g/mol. The Morgan fingerprint density at radius 3 is 2.10 bits per heavy atom. The van der Waals surface area contributed by atoms with E-state index in [4.69, 9.17) is 4.74 Å². The largest absolute Gasteiger partial charge is 0.497 e. The summed E-state index contributed by atoms with van der Waals surface area (Å²) in [6, 6.07) is 24.8. The van der Waals surface area contributed by atoms with Gasteiger partial charge >= 0.3 is 0 Å². The molecule has 3 aliphatic rings. The maximum Gasteiger partial charge on any atom is 0.251 e. The summed E-state index contributed by atoms with van der Waals surface area (Å²) in [7, 11) is 1.59. The Hall–Kier alpha value is -4.34. The molecule has 3 fully saturated rings. The molecule has 3 aliphatic heterocycles. The zero-order valence-corrected chi connectivity index (χ0v) is 28.4. The van der Waals surface area contributed by atoms with Crippen molar-refractivity contribution < 1.29 is 24.2 Å². The second kappa shape index (κ2) is 13.6. The Morgan fingerprint density at radius 1 is 0.938 bits per heavy atom. The SMILES string of the molecule is C=CCN(C(=O)C1N([C@@H](CO)Cc2ccccc2)C(=O)[C@@H]2[C@@H](C(=O)N(CC=C)c3ccccc3)[C@@]3(C)CCC12S3)c1ccc(OC)cc1. The number of benzene rings is 3. The number of methoxy groups -OCH3 is 1. The summed E-state index contributed by atoms with van der Waals surface area (Å²) in [5.41, 5.74) is 2.33. The summed E-state index contributed by atoms with van der Waals surface area (Å²) in [5.74, 6) is -1.41. The number of hydrogen-bond donors (Lipinski definition) is 1. The molecule has 3 saturated heterocycles. The predicted octanol–water partition coefficient (Wildman–Crippen LogP) is 5.52. The van der Waals surface area contributed by atoms with E-state index in [9.17, 15) is 9.90 Å². The molecule has 0 aromatic heterocycles. The number of hydrogen-bond acceptors (Lipinski definition) is 6. The van der Waals surface area contributed by atoms with E-state index >= 15 is 9.59 Å². The van der Waals surface area contributed by atoms with Gasteiger partial charge in [-0.15, -0.1) is 24.9 Å². The maximum absolute atomic E-state index is 15.1. The standard InChI is InChI=1S/C39H43N3O5S/c1-5-23-40(28-15-11-8-12-16-28)35(44)32-33-36(45)42(30(26-43)25-27-13-9-7-10-14-27)34(39(33)22-21-38(32,3)48-39)37(46)41(24-6-2)29-17-19-31(47-4)20-18-29/h5-20,30,32-34,43H,1-2,21-26H2,3-4H3/t30-,32+,33+,34?,38-,39?/m1/s1. The van der Waals surface area contributed by atoms with Gasteiger partial charge in [0.25, 0.3) is 5.91 Å². The van der Waals surface area contributed by atoms with E-state index < -0.39 is 33.4 Å². The Labute approximate surface area is 287 Å². The molecule has 1 N–H and O–H groups in total. The van der Waals surface area contributed by atoms with Gasteiger partial charge in [-0.1, -0.05) is 60.7 Å². The zero-order valence-electron chi connectivity index (χ0n) is 27.5. The first-order valence-corrected chi connectivity index (χ1v) is 17.3. The lowest BCUT2D eigenvalue weighted by atomic mass is 9.66. The van der Waals surface area contributed by atoms with Crippen molar-refractivity contribution in [1.29, 1.82) is 0 Å². The third-order valence-corrected chi connectivity index (χ3v) is 12.2. The lowest BCUT2D eigenvalue weighted by molar-refractivity contribution is -0.142. The quantitative estimate of drug-likeness (QED) is 0.242. The highest BCUT2D eigenvalue weighted by atomic mass is 32.2. The van der Waals surface area contributed by atoms with Crippen LogP contribution in [-0.4, -0.2) is 76.1 Å². The van der Waals surface area contributed by atoms with Crippen molar-refractivity contribution in [3.05, 3.63) is 116 Å². The molecule has 1 spiro atoms. The summed E-state index contributed by atoms with van der Waals surface area (Å²) in [6.45, 7) is 10.1. The number of amides is 3. The minimum atomic E-state index is -0.910. The van der Waals surface area contributed by atoms with Gasteiger partial charge in [0.05, 0.1) is 36.3 Å².